The van der Waals surface area contributed by atoms with Crippen molar-refractivity contribution >= 4 is 23.6 Å². The third-order valence-electron chi connectivity index (χ3n) is 7.74. The Morgan fingerprint density at radius 1 is 0.947 bits per heavy atom. The fourth-order valence-corrected chi connectivity index (χ4v) is 6.57. The van der Waals surface area contributed by atoms with E-state index in [9.17, 15) is 9.59 Å². The molecule has 38 heavy (non-hydrogen) atoms. The maximum atomic E-state index is 13.3. The Labute approximate surface area is 235 Å². The van der Waals surface area contributed by atoms with Gasteiger partial charge in [-0.25, -0.2) is 0 Å². The van der Waals surface area contributed by atoms with Gasteiger partial charge in [0, 0.05) is 35.2 Å². The van der Waals surface area contributed by atoms with Gasteiger partial charge in [0.1, 0.15) is 0 Å². The van der Waals surface area contributed by atoms with E-state index in [1.54, 1.807) is 11.8 Å². The molecule has 0 bridgehead atoms. The molecule has 5 nitrogen and oxygen atoms in total. The van der Waals surface area contributed by atoms with E-state index >= 15 is 0 Å². The Hall–Kier alpha value is -1.79. The Bertz CT molecular complexity index is 801. The summed E-state index contributed by atoms with van der Waals surface area (Å²) in [5.41, 5.74) is 0. The van der Waals surface area contributed by atoms with E-state index in [1.165, 1.54) is 64.2 Å². The third kappa shape index (κ3) is 11.9. The van der Waals surface area contributed by atoms with Crippen molar-refractivity contribution < 1.29 is 14.4 Å². The molecule has 0 aromatic heterocycles. The van der Waals surface area contributed by atoms with Crippen LogP contribution in [-0.4, -0.2) is 40.8 Å². The number of carbonyl (C=O) groups excluding carboxylic acids is 2. The predicted molar refractivity (Wildman–Crippen MR) is 158 cm³/mol. The van der Waals surface area contributed by atoms with Crippen molar-refractivity contribution in [2.45, 2.75) is 139 Å². The van der Waals surface area contributed by atoms with Crippen LogP contribution >= 0.6 is 11.8 Å². The number of hydrogen-bond acceptors (Lipinski definition) is 5. The highest BCUT2D eigenvalue weighted by atomic mass is 32.2. The molecule has 1 N–H and O–H groups in total. The number of benzene rings is 1. The van der Waals surface area contributed by atoms with Crippen LogP contribution in [0.1, 0.15) is 116 Å². The van der Waals surface area contributed by atoms with Gasteiger partial charge in [-0.1, -0.05) is 95.1 Å². The summed E-state index contributed by atoms with van der Waals surface area (Å²) in [7, 11) is 0. The molecule has 1 aromatic rings. The molecule has 1 amide bonds. The highest BCUT2D eigenvalue weighted by Gasteiger charge is 2.32. The summed E-state index contributed by atoms with van der Waals surface area (Å²) >= 11 is 1.67. The Balaban J connectivity index is 1.56. The summed E-state index contributed by atoms with van der Waals surface area (Å²) in [6, 6.07) is 10.6. The van der Waals surface area contributed by atoms with Crippen molar-refractivity contribution in [2.24, 2.45) is 0 Å². The van der Waals surface area contributed by atoms with Gasteiger partial charge in [-0.3, -0.25) is 9.59 Å². The number of thioether (sulfide) groups is 1. The van der Waals surface area contributed by atoms with Gasteiger partial charge >= 0.3 is 5.97 Å². The number of hydroxylamine groups is 2. The lowest BCUT2D eigenvalue weighted by Gasteiger charge is -2.39. The molecule has 2 fully saturated rings. The minimum Gasteiger partial charge on any atom is -0.367 e. The quantitative estimate of drug-likeness (QED) is 0.0992. The normalized spacial score (nSPS) is 18.1. The number of hydrogen-bond donors (Lipinski definition) is 1. The highest BCUT2D eigenvalue weighted by molar-refractivity contribution is 7.99. The average Bonchev–Trinajstić information content (AvgIpc) is 2.95. The number of rotatable bonds is 16. The van der Waals surface area contributed by atoms with Crippen LogP contribution in [0.3, 0.4) is 0 Å². The molecule has 0 radical (unpaired) electrons. The number of nitrogens with one attached hydrogen (secondary N) is 1. The number of unbranched alkanes of at least 4 members (excludes halogenated alkanes) is 4. The minimum atomic E-state index is -0.266. The van der Waals surface area contributed by atoms with E-state index in [0.717, 1.165) is 37.0 Å². The number of carbonyl (C=O) groups is 2. The molecule has 0 heterocycles. The molecule has 212 valence electrons. The van der Waals surface area contributed by atoms with Crippen molar-refractivity contribution in [3.63, 3.8) is 0 Å². The van der Waals surface area contributed by atoms with Gasteiger partial charge < -0.3 is 10.2 Å². The van der Waals surface area contributed by atoms with Gasteiger partial charge in [0.25, 0.3) is 0 Å². The number of nitrogens with zero attached hydrogens (tertiary/aromatic N) is 1. The van der Waals surface area contributed by atoms with Crippen LogP contribution in [0, 0.1) is 0 Å². The van der Waals surface area contributed by atoms with Crippen molar-refractivity contribution in [1.29, 1.82) is 0 Å². The van der Waals surface area contributed by atoms with Crippen LogP contribution in [0.15, 0.2) is 47.4 Å². The molecule has 0 aliphatic heterocycles. The maximum absolute atomic E-state index is 13.3. The zero-order valence-electron chi connectivity index (χ0n) is 23.6. The van der Waals surface area contributed by atoms with E-state index in [-0.39, 0.29) is 24.3 Å². The second-order valence-electron chi connectivity index (χ2n) is 11.0. The van der Waals surface area contributed by atoms with Crippen molar-refractivity contribution in [1.82, 2.24) is 10.4 Å². The summed E-state index contributed by atoms with van der Waals surface area (Å²) in [6.45, 7) is 2.21. The maximum Gasteiger partial charge on any atom is 0.327 e. The standard InChI is InChI=1S/C32H50N2O3S/c1-2-3-4-5-6-7-17-24-31(35)33-27(26-38-30-22-15-10-16-23-30)25-32(36)37-34(28-18-11-8-12-19-28)29-20-13-9-14-21-29/h7,10,15-17,22-23,27-29H,2-6,8-9,11-14,18-21,24-26H2,1H3,(H,33,35)/b17-7+/t27-/m0/s1. The molecule has 2 aliphatic carbocycles. The van der Waals surface area contributed by atoms with Crippen molar-refractivity contribution in [2.75, 3.05) is 5.75 Å². The SMILES string of the molecule is CCCCCC/C=C/CC(=O)N[C@H](CSc1ccccc1)CC(=O)ON(C1CCCCC1)C1CCCCC1. The van der Waals surface area contributed by atoms with E-state index in [0.29, 0.717) is 24.3 Å². The van der Waals surface area contributed by atoms with Crippen LogP contribution in [0.4, 0.5) is 0 Å². The first-order valence-corrected chi connectivity index (χ1v) is 16.3. The first kappa shape index (κ1) is 30.7. The summed E-state index contributed by atoms with van der Waals surface area (Å²) in [4.78, 5) is 33.3. The Kier molecular flexibility index (Phi) is 15.0. The second-order valence-corrected chi connectivity index (χ2v) is 12.1. The molecular formula is C32H50N2O3S. The molecule has 3 rings (SSSR count). The van der Waals surface area contributed by atoms with E-state index in [2.05, 4.69) is 35.5 Å². The van der Waals surface area contributed by atoms with Crippen LogP contribution < -0.4 is 5.32 Å². The lowest BCUT2D eigenvalue weighted by Crippen LogP contribution is -2.47. The van der Waals surface area contributed by atoms with Crippen LogP contribution in [0.2, 0.25) is 0 Å². The van der Waals surface area contributed by atoms with Gasteiger partial charge in [0.05, 0.1) is 6.42 Å². The lowest BCUT2D eigenvalue weighted by molar-refractivity contribution is -0.223. The number of allylic oxidation sites excluding steroid dienone is 1. The molecule has 0 spiro atoms. The predicted octanol–water partition coefficient (Wildman–Crippen LogP) is 8.00. The molecule has 0 unspecified atom stereocenters. The smallest absolute Gasteiger partial charge is 0.327 e. The largest absolute Gasteiger partial charge is 0.367 e. The van der Waals surface area contributed by atoms with Crippen LogP contribution in [0.25, 0.3) is 0 Å². The zero-order chi connectivity index (χ0) is 26.8. The Morgan fingerprint density at radius 3 is 2.24 bits per heavy atom. The van der Waals surface area contributed by atoms with Gasteiger partial charge in [-0.15, -0.1) is 16.8 Å². The van der Waals surface area contributed by atoms with Gasteiger partial charge in [-0.05, 0) is 50.7 Å². The molecular weight excluding hydrogens is 492 g/mol. The molecule has 2 saturated carbocycles. The van der Waals surface area contributed by atoms with Crippen LogP contribution in [-0.2, 0) is 14.4 Å². The summed E-state index contributed by atoms with van der Waals surface area (Å²) in [5, 5.41) is 5.22. The van der Waals surface area contributed by atoms with E-state index in [4.69, 9.17) is 4.84 Å². The Morgan fingerprint density at radius 2 is 1.61 bits per heavy atom. The lowest BCUT2D eigenvalue weighted by atomic mass is 9.90. The topological polar surface area (TPSA) is 58.6 Å². The summed E-state index contributed by atoms with van der Waals surface area (Å²) in [5.74, 6) is 0.391. The minimum absolute atomic E-state index is 0.0299. The van der Waals surface area contributed by atoms with E-state index in [1.807, 2.05) is 24.3 Å². The molecule has 0 saturated heterocycles. The van der Waals surface area contributed by atoms with Gasteiger partial charge in [0.15, 0.2) is 0 Å². The second kappa shape index (κ2) is 18.5. The molecule has 6 heteroatoms. The fraction of sp³-hybridized carbons (Fsp3) is 0.688. The monoisotopic (exact) mass is 542 g/mol. The van der Waals surface area contributed by atoms with Crippen molar-refractivity contribution in [3.8, 4) is 0 Å². The first-order valence-electron chi connectivity index (χ1n) is 15.3. The van der Waals surface area contributed by atoms with Crippen LogP contribution in [0.5, 0.6) is 0 Å². The first-order chi connectivity index (χ1) is 18.7. The highest BCUT2D eigenvalue weighted by Crippen LogP contribution is 2.31. The molecule has 1 atom stereocenters. The van der Waals surface area contributed by atoms with Gasteiger partial charge in [0.2, 0.25) is 5.91 Å². The van der Waals surface area contributed by atoms with E-state index < -0.39 is 0 Å². The summed E-state index contributed by atoms with van der Waals surface area (Å²) < 4.78 is 0. The average molecular weight is 543 g/mol. The zero-order valence-corrected chi connectivity index (χ0v) is 24.4. The molecule has 2 aliphatic rings. The third-order valence-corrected chi connectivity index (χ3v) is 8.92. The van der Waals surface area contributed by atoms with Gasteiger partial charge in [-0.2, -0.15) is 0 Å². The summed E-state index contributed by atoms with van der Waals surface area (Å²) in [6.07, 6.45) is 22.4. The fourth-order valence-electron chi connectivity index (χ4n) is 5.62. The van der Waals surface area contributed by atoms with Crippen molar-refractivity contribution in [3.05, 3.63) is 42.5 Å². The number of amides is 1. The molecule has 1 aromatic carbocycles.